The molecule has 0 unspecified atom stereocenters. The van der Waals surface area contributed by atoms with E-state index in [4.69, 9.17) is 0 Å². The van der Waals surface area contributed by atoms with Gasteiger partial charge in [0.1, 0.15) is 0 Å². The number of carbonyl (C=O) groups is 2. The number of aryl methyl sites for hydroxylation is 1. The molecule has 116 valence electrons. The van der Waals surface area contributed by atoms with Gasteiger partial charge in [-0.25, -0.2) is 0 Å². The molecular weight excluding hydrogens is 266 g/mol. The molecule has 0 aliphatic carbocycles. The Hall–Kier alpha value is -1.88. The molecule has 0 spiro atoms. The molecule has 5 heteroatoms. The monoisotopic (exact) mass is 291 g/mol. The Balaban J connectivity index is 2.67. The Morgan fingerprint density at radius 2 is 1.95 bits per heavy atom. The minimum Gasteiger partial charge on any atom is -0.352 e. The van der Waals surface area contributed by atoms with Gasteiger partial charge in [-0.15, -0.1) is 0 Å². The normalized spacial score (nSPS) is 10.5. The summed E-state index contributed by atoms with van der Waals surface area (Å²) in [7, 11) is 1.81. The zero-order valence-corrected chi connectivity index (χ0v) is 13.2. The molecule has 5 nitrogen and oxygen atoms in total. The van der Waals surface area contributed by atoms with Crippen molar-refractivity contribution in [1.82, 2.24) is 10.6 Å². The van der Waals surface area contributed by atoms with Gasteiger partial charge < -0.3 is 16.0 Å². The Labute approximate surface area is 126 Å². The fourth-order valence-corrected chi connectivity index (χ4v) is 1.80. The molecule has 0 fully saturated rings. The van der Waals surface area contributed by atoms with E-state index in [-0.39, 0.29) is 11.8 Å². The topological polar surface area (TPSA) is 70.2 Å². The van der Waals surface area contributed by atoms with Crippen molar-refractivity contribution in [1.29, 1.82) is 0 Å². The highest BCUT2D eigenvalue weighted by molar-refractivity contribution is 5.96. The summed E-state index contributed by atoms with van der Waals surface area (Å²) in [6, 6.07) is 5.30. The van der Waals surface area contributed by atoms with Gasteiger partial charge in [-0.2, -0.15) is 0 Å². The molecule has 0 saturated heterocycles. The van der Waals surface area contributed by atoms with E-state index in [0.717, 1.165) is 11.3 Å². The first-order chi connectivity index (χ1) is 9.93. The third kappa shape index (κ3) is 5.95. The van der Waals surface area contributed by atoms with Gasteiger partial charge in [0, 0.05) is 30.8 Å². The van der Waals surface area contributed by atoms with Crippen LogP contribution >= 0.6 is 0 Å². The molecule has 0 heterocycles. The van der Waals surface area contributed by atoms with Crippen molar-refractivity contribution in [2.24, 2.45) is 5.92 Å². The van der Waals surface area contributed by atoms with Crippen molar-refractivity contribution in [3.05, 3.63) is 29.3 Å². The van der Waals surface area contributed by atoms with Gasteiger partial charge in [-0.3, -0.25) is 9.59 Å². The lowest BCUT2D eigenvalue weighted by Gasteiger charge is -2.11. The van der Waals surface area contributed by atoms with Crippen molar-refractivity contribution in [2.75, 3.05) is 25.5 Å². The van der Waals surface area contributed by atoms with E-state index in [1.165, 1.54) is 0 Å². The van der Waals surface area contributed by atoms with Gasteiger partial charge >= 0.3 is 0 Å². The number of benzene rings is 1. The summed E-state index contributed by atoms with van der Waals surface area (Å²) in [4.78, 5) is 23.7. The summed E-state index contributed by atoms with van der Waals surface area (Å²) in [6.07, 6.45) is 0.423. The van der Waals surface area contributed by atoms with Crippen LogP contribution in [0.15, 0.2) is 18.2 Å². The van der Waals surface area contributed by atoms with Crippen molar-refractivity contribution in [3.8, 4) is 0 Å². The van der Waals surface area contributed by atoms with Gasteiger partial charge in [0.05, 0.1) is 0 Å². The molecule has 0 atom stereocenters. The maximum Gasteiger partial charge on any atom is 0.251 e. The molecule has 2 amide bonds. The molecule has 0 aliphatic rings. The van der Waals surface area contributed by atoms with E-state index in [1.807, 2.05) is 14.0 Å². The molecule has 1 aromatic rings. The number of nitrogens with one attached hydrogen (secondary N) is 3. The second kappa shape index (κ2) is 8.42. The third-order valence-corrected chi connectivity index (χ3v) is 3.04. The summed E-state index contributed by atoms with van der Waals surface area (Å²) in [6.45, 7) is 7.28. The highest BCUT2D eigenvalue weighted by atomic mass is 16.2. The molecule has 0 aliphatic heterocycles. The van der Waals surface area contributed by atoms with Crippen LogP contribution in [0, 0.1) is 12.8 Å². The highest BCUT2D eigenvalue weighted by Gasteiger charge is 2.09. The van der Waals surface area contributed by atoms with E-state index >= 15 is 0 Å². The van der Waals surface area contributed by atoms with Crippen LogP contribution in [0.25, 0.3) is 0 Å². The number of amides is 2. The number of carbonyl (C=O) groups excluding carboxylic acids is 2. The zero-order chi connectivity index (χ0) is 15.8. The Morgan fingerprint density at radius 1 is 1.24 bits per heavy atom. The van der Waals surface area contributed by atoms with E-state index in [2.05, 4.69) is 29.8 Å². The molecule has 0 saturated carbocycles. The molecule has 1 rings (SSSR count). The van der Waals surface area contributed by atoms with Gasteiger partial charge in [-0.05, 0) is 43.7 Å². The second-order valence-corrected chi connectivity index (χ2v) is 5.54. The van der Waals surface area contributed by atoms with Crippen molar-refractivity contribution >= 4 is 17.5 Å². The minimum absolute atomic E-state index is 0.0375. The fourth-order valence-electron chi connectivity index (χ4n) is 1.80. The predicted octanol–water partition coefficient (Wildman–Crippen LogP) is 1.93. The largest absolute Gasteiger partial charge is 0.352 e. The Morgan fingerprint density at radius 3 is 2.52 bits per heavy atom. The van der Waals surface area contributed by atoms with Crippen LogP contribution in [0.2, 0.25) is 0 Å². The summed E-state index contributed by atoms with van der Waals surface area (Å²) in [5.41, 5.74) is 2.24. The van der Waals surface area contributed by atoms with Crippen LogP contribution in [0.1, 0.15) is 36.2 Å². The van der Waals surface area contributed by atoms with Gasteiger partial charge in [0.2, 0.25) is 5.91 Å². The van der Waals surface area contributed by atoms with E-state index in [1.54, 1.807) is 18.2 Å². The SMILES string of the molecule is CNCCC(=O)Nc1ccc(C(=O)NCC(C)C)cc1C. The summed E-state index contributed by atoms with van der Waals surface area (Å²) < 4.78 is 0. The van der Waals surface area contributed by atoms with Gasteiger partial charge in [0.15, 0.2) is 0 Å². The van der Waals surface area contributed by atoms with E-state index < -0.39 is 0 Å². The van der Waals surface area contributed by atoms with Crippen LogP contribution in [-0.2, 0) is 4.79 Å². The predicted molar refractivity (Wildman–Crippen MR) is 85.5 cm³/mol. The standard InChI is InChI=1S/C16H25N3O2/c1-11(2)10-18-16(21)13-5-6-14(12(3)9-13)19-15(20)7-8-17-4/h5-6,9,11,17H,7-8,10H2,1-4H3,(H,18,21)(H,19,20). The number of hydrogen-bond acceptors (Lipinski definition) is 3. The van der Waals surface area contributed by atoms with E-state index in [0.29, 0.717) is 31.0 Å². The van der Waals surface area contributed by atoms with Crippen LogP contribution in [0.3, 0.4) is 0 Å². The highest BCUT2D eigenvalue weighted by Crippen LogP contribution is 2.16. The lowest BCUT2D eigenvalue weighted by atomic mass is 10.1. The first kappa shape index (κ1) is 17.2. The van der Waals surface area contributed by atoms with Gasteiger partial charge in [0.25, 0.3) is 5.91 Å². The number of hydrogen-bond donors (Lipinski definition) is 3. The van der Waals surface area contributed by atoms with Crippen molar-refractivity contribution in [3.63, 3.8) is 0 Å². The van der Waals surface area contributed by atoms with Crippen molar-refractivity contribution in [2.45, 2.75) is 27.2 Å². The third-order valence-electron chi connectivity index (χ3n) is 3.04. The molecule has 3 N–H and O–H groups in total. The first-order valence-corrected chi connectivity index (χ1v) is 7.27. The lowest BCUT2D eigenvalue weighted by molar-refractivity contribution is -0.116. The maximum atomic E-state index is 12.0. The summed E-state index contributed by atoms with van der Waals surface area (Å²) in [5.74, 6) is 0.296. The molecule has 0 aromatic heterocycles. The molecule has 0 radical (unpaired) electrons. The second-order valence-electron chi connectivity index (χ2n) is 5.54. The minimum atomic E-state index is -0.0835. The molecule has 0 bridgehead atoms. The van der Waals surface area contributed by atoms with E-state index in [9.17, 15) is 9.59 Å². The van der Waals surface area contributed by atoms with Crippen LogP contribution in [-0.4, -0.2) is 32.0 Å². The lowest BCUT2D eigenvalue weighted by Crippen LogP contribution is -2.27. The van der Waals surface area contributed by atoms with Crippen molar-refractivity contribution < 1.29 is 9.59 Å². The maximum absolute atomic E-state index is 12.0. The van der Waals surface area contributed by atoms with Crippen LogP contribution in [0.5, 0.6) is 0 Å². The van der Waals surface area contributed by atoms with Crippen LogP contribution < -0.4 is 16.0 Å². The smallest absolute Gasteiger partial charge is 0.251 e. The van der Waals surface area contributed by atoms with Crippen LogP contribution in [0.4, 0.5) is 5.69 Å². The summed E-state index contributed by atoms with van der Waals surface area (Å²) in [5, 5.41) is 8.66. The summed E-state index contributed by atoms with van der Waals surface area (Å²) >= 11 is 0. The number of anilines is 1. The van der Waals surface area contributed by atoms with Gasteiger partial charge in [-0.1, -0.05) is 13.8 Å². The fraction of sp³-hybridized carbons (Fsp3) is 0.500. The molecular formula is C16H25N3O2. The Bertz CT molecular complexity index is 498. The Kier molecular flexibility index (Phi) is 6.88. The molecule has 21 heavy (non-hydrogen) atoms. The zero-order valence-electron chi connectivity index (χ0n) is 13.2. The average Bonchev–Trinajstić information content (AvgIpc) is 2.44. The quantitative estimate of drug-likeness (QED) is 0.719. The number of rotatable bonds is 7. The molecule has 1 aromatic carbocycles. The average molecular weight is 291 g/mol. The first-order valence-electron chi connectivity index (χ1n) is 7.27.